The van der Waals surface area contributed by atoms with Crippen LogP contribution < -0.4 is 4.74 Å². The van der Waals surface area contributed by atoms with Gasteiger partial charge in [-0.05, 0) is 6.92 Å². The highest BCUT2D eigenvalue weighted by Gasteiger charge is 2.16. The van der Waals surface area contributed by atoms with Gasteiger partial charge in [-0.2, -0.15) is 5.10 Å². The Bertz CT molecular complexity index is 417. The first-order chi connectivity index (χ1) is 7.60. The Morgan fingerprint density at radius 3 is 2.69 bits per heavy atom. The van der Waals surface area contributed by atoms with Crippen molar-refractivity contribution in [2.45, 2.75) is 20.3 Å². The predicted octanol–water partition coefficient (Wildman–Crippen LogP) is 0.887. The Morgan fingerprint density at radius 2 is 2.12 bits per heavy atom. The molecule has 0 saturated carbocycles. The molecule has 6 nitrogen and oxygen atoms in total. The molecule has 86 valence electrons. The number of rotatable bonds is 3. The number of carbonyl (C=O) groups is 2. The quantitative estimate of drug-likeness (QED) is 0.709. The van der Waals surface area contributed by atoms with Gasteiger partial charge in [-0.15, -0.1) is 5.10 Å². The summed E-state index contributed by atoms with van der Waals surface area (Å²) >= 11 is 0. The zero-order chi connectivity index (χ0) is 12.1. The topological polar surface area (TPSA) is 78.4 Å². The number of nitrogens with zero attached hydrogens (tertiary/aromatic N) is 2. The smallest absolute Gasteiger partial charge is 0.359 e. The zero-order valence-corrected chi connectivity index (χ0v) is 9.31. The molecule has 1 rings (SSSR count). The molecule has 1 aromatic rings. The Hall–Kier alpha value is -1.98. The summed E-state index contributed by atoms with van der Waals surface area (Å²) in [5.41, 5.74) is 0.479. The van der Waals surface area contributed by atoms with Crippen LogP contribution in [0.4, 0.5) is 0 Å². The van der Waals surface area contributed by atoms with Gasteiger partial charge in [-0.1, -0.05) is 6.92 Å². The minimum absolute atomic E-state index is 0.0453. The summed E-state index contributed by atoms with van der Waals surface area (Å²) in [5.74, 6) is -0.784. The fourth-order valence-corrected chi connectivity index (χ4v) is 1.02. The number of methoxy groups -OCH3 is 1. The number of aromatic nitrogens is 2. The lowest BCUT2D eigenvalue weighted by atomic mass is 10.2. The van der Waals surface area contributed by atoms with Gasteiger partial charge < -0.3 is 9.47 Å². The molecule has 0 aromatic carbocycles. The van der Waals surface area contributed by atoms with Crippen molar-refractivity contribution in [3.63, 3.8) is 0 Å². The average Bonchev–Trinajstić information content (AvgIpc) is 2.30. The molecule has 0 unspecified atom stereocenters. The van der Waals surface area contributed by atoms with Gasteiger partial charge in [0.25, 0.3) is 0 Å². The molecule has 0 aliphatic heterocycles. The minimum atomic E-state index is -0.612. The molecule has 0 spiro atoms. The monoisotopic (exact) mass is 224 g/mol. The standard InChI is InChI=1S/C10H12N2O4/c1-4-8(13)16-7-5-11-12-9(6(7)2)10(14)15-3/h5H,4H2,1-3H3. The summed E-state index contributed by atoms with van der Waals surface area (Å²) in [7, 11) is 1.24. The third-order valence-electron chi connectivity index (χ3n) is 1.95. The van der Waals surface area contributed by atoms with Crippen LogP contribution in [0.15, 0.2) is 6.20 Å². The van der Waals surface area contributed by atoms with E-state index >= 15 is 0 Å². The summed E-state index contributed by atoms with van der Waals surface area (Å²) in [6.45, 7) is 3.28. The first kappa shape index (κ1) is 12.1. The molecular weight excluding hydrogens is 212 g/mol. The normalized spacial score (nSPS) is 9.69. The van der Waals surface area contributed by atoms with E-state index in [1.807, 2.05) is 0 Å². The van der Waals surface area contributed by atoms with Gasteiger partial charge in [0.2, 0.25) is 0 Å². The van der Waals surface area contributed by atoms with E-state index in [4.69, 9.17) is 4.74 Å². The van der Waals surface area contributed by atoms with Gasteiger partial charge in [0.1, 0.15) is 0 Å². The third kappa shape index (κ3) is 2.53. The van der Waals surface area contributed by atoms with Crippen LogP contribution in [0.1, 0.15) is 29.4 Å². The van der Waals surface area contributed by atoms with E-state index in [1.54, 1.807) is 13.8 Å². The second-order valence-electron chi connectivity index (χ2n) is 3.00. The van der Waals surface area contributed by atoms with Crippen LogP contribution in [0.5, 0.6) is 5.75 Å². The van der Waals surface area contributed by atoms with Crippen LogP contribution in [0, 0.1) is 6.92 Å². The number of esters is 2. The first-order valence-corrected chi connectivity index (χ1v) is 4.71. The predicted molar refractivity (Wildman–Crippen MR) is 54.0 cm³/mol. The average molecular weight is 224 g/mol. The highest BCUT2D eigenvalue weighted by molar-refractivity contribution is 5.89. The van der Waals surface area contributed by atoms with Crippen molar-refractivity contribution in [3.8, 4) is 5.75 Å². The molecule has 6 heteroatoms. The summed E-state index contributed by atoms with van der Waals surface area (Å²) in [5, 5.41) is 7.20. The number of hydrogen-bond acceptors (Lipinski definition) is 6. The Labute approximate surface area is 92.6 Å². The maximum atomic E-state index is 11.3. The van der Waals surface area contributed by atoms with Gasteiger partial charge in [-0.3, -0.25) is 4.79 Å². The molecule has 0 saturated heterocycles. The highest BCUT2D eigenvalue weighted by atomic mass is 16.5. The van der Waals surface area contributed by atoms with Crippen LogP contribution in [0.25, 0.3) is 0 Å². The molecule has 0 fully saturated rings. The molecule has 0 radical (unpaired) electrons. The van der Waals surface area contributed by atoms with Crippen LogP contribution in [-0.2, 0) is 9.53 Å². The van der Waals surface area contributed by atoms with Gasteiger partial charge >= 0.3 is 11.9 Å². The molecule has 0 aliphatic rings. The lowest BCUT2D eigenvalue weighted by Crippen LogP contribution is -2.12. The molecule has 1 aromatic heterocycles. The summed E-state index contributed by atoms with van der Waals surface area (Å²) < 4.78 is 9.50. The fraction of sp³-hybridized carbons (Fsp3) is 0.400. The highest BCUT2D eigenvalue weighted by Crippen LogP contribution is 2.19. The SMILES string of the molecule is CCC(=O)Oc1cnnc(C(=O)OC)c1C. The molecule has 0 aliphatic carbocycles. The fourth-order valence-electron chi connectivity index (χ4n) is 1.02. The molecule has 0 N–H and O–H groups in total. The summed E-state index contributed by atoms with van der Waals surface area (Å²) in [4.78, 5) is 22.4. The van der Waals surface area contributed by atoms with Crippen molar-refractivity contribution in [3.05, 3.63) is 17.5 Å². The van der Waals surface area contributed by atoms with Crippen molar-refractivity contribution < 1.29 is 19.1 Å². The van der Waals surface area contributed by atoms with Crippen molar-refractivity contribution in [1.82, 2.24) is 10.2 Å². The summed E-state index contributed by atoms with van der Waals surface area (Å²) in [6.07, 6.45) is 1.53. The maximum absolute atomic E-state index is 11.3. The van der Waals surface area contributed by atoms with Crippen LogP contribution in [-0.4, -0.2) is 29.2 Å². The second-order valence-corrected chi connectivity index (χ2v) is 3.00. The summed E-state index contributed by atoms with van der Waals surface area (Å²) in [6, 6.07) is 0. The molecule has 0 bridgehead atoms. The van der Waals surface area contributed by atoms with Gasteiger partial charge in [-0.25, -0.2) is 4.79 Å². The van der Waals surface area contributed by atoms with E-state index in [-0.39, 0.29) is 17.9 Å². The molecule has 16 heavy (non-hydrogen) atoms. The second kappa shape index (κ2) is 5.20. The minimum Gasteiger partial charge on any atom is -0.464 e. The van der Waals surface area contributed by atoms with Crippen LogP contribution in [0.3, 0.4) is 0 Å². The maximum Gasteiger partial charge on any atom is 0.359 e. The van der Waals surface area contributed by atoms with E-state index in [9.17, 15) is 9.59 Å². The van der Waals surface area contributed by atoms with Gasteiger partial charge in [0, 0.05) is 12.0 Å². The molecular formula is C10H12N2O4. The van der Waals surface area contributed by atoms with Crippen molar-refractivity contribution in [1.29, 1.82) is 0 Å². The molecule has 0 amide bonds. The number of ether oxygens (including phenoxy) is 2. The lowest BCUT2D eigenvalue weighted by molar-refractivity contribution is -0.134. The van der Waals surface area contributed by atoms with Gasteiger partial charge in [0.05, 0.1) is 13.3 Å². The third-order valence-corrected chi connectivity index (χ3v) is 1.95. The van der Waals surface area contributed by atoms with Gasteiger partial charge in [0.15, 0.2) is 11.4 Å². The Kier molecular flexibility index (Phi) is 3.93. The van der Waals surface area contributed by atoms with E-state index in [0.717, 1.165) is 0 Å². The largest absolute Gasteiger partial charge is 0.464 e. The van der Waals surface area contributed by atoms with E-state index in [0.29, 0.717) is 5.56 Å². The number of carbonyl (C=O) groups excluding carboxylic acids is 2. The van der Waals surface area contributed by atoms with Crippen molar-refractivity contribution in [2.75, 3.05) is 7.11 Å². The van der Waals surface area contributed by atoms with E-state index in [1.165, 1.54) is 13.3 Å². The first-order valence-electron chi connectivity index (χ1n) is 4.71. The van der Waals surface area contributed by atoms with Crippen LogP contribution >= 0.6 is 0 Å². The van der Waals surface area contributed by atoms with Crippen molar-refractivity contribution in [2.24, 2.45) is 0 Å². The Balaban J connectivity index is 3.04. The van der Waals surface area contributed by atoms with Crippen LogP contribution in [0.2, 0.25) is 0 Å². The zero-order valence-electron chi connectivity index (χ0n) is 9.31. The van der Waals surface area contributed by atoms with E-state index in [2.05, 4.69) is 14.9 Å². The molecule has 0 atom stereocenters. The number of hydrogen-bond donors (Lipinski definition) is 0. The van der Waals surface area contributed by atoms with Crippen molar-refractivity contribution >= 4 is 11.9 Å². The Morgan fingerprint density at radius 1 is 1.44 bits per heavy atom. The lowest BCUT2D eigenvalue weighted by Gasteiger charge is -2.07. The molecule has 1 heterocycles. The van der Waals surface area contributed by atoms with E-state index < -0.39 is 11.9 Å².